The summed E-state index contributed by atoms with van der Waals surface area (Å²) in [6, 6.07) is 0. The highest BCUT2D eigenvalue weighted by Crippen LogP contribution is 2.40. The van der Waals surface area contributed by atoms with Crippen molar-refractivity contribution in [1.29, 1.82) is 0 Å². The van der Waals surface area contributed by atoms with Gasteiger partial charge in [-0.05, 0) is 25.2 Å². The van der Waals surface area contributed by atoms with Gasteiger partial charge in [0.1, 0.15) is 6.10 Å². The molecule has 2 aliphatic rings. The molecule has 0 heterocycles. The highest BCUT2D eigenvalue weighted by molar-refractivity contribution is 5.69. The molecule has 0 aromatic heterocycles. The monoisotopic (exact) mass is 204 g/mol. The van der Waals surface area contributed by atoms with Gasteiger partial charge in [-0.25, -0.2) is 0 Å². The van der Waals surface area contributed by atoms with Crippen LogP contribution in [0.2, 0.25) is 0 Å². The summed E-state index contributed by atoms with van der Waals surface area (Å²) in [7, 11) is 0. The van der Waals surface area contributed by atoms with Gasteiger partial charge in [-0.3, -0.25) is 4.79 Å². The molecule has 0 aliphatic heterocycles. The molecule has 0 aromatic rings. The number of unbranched alkanes of at least 4 members (excludes halogenated alkanes) is 1. The topological polar surface area (TPSA) is 26.3 Å². The normalized spacial score (nSPS) is 31.5. The number of carbonyl (C=O) groups is 1. The number of rotatable bonds is 4. The van der Waals surface area contributed by atoms with E-state index in [9.17, 15) is 4.79 Å². The first-order valence-corrected chi connectivity index (χ1v) is 5.61. The van der Waals surface area contributed by atoms with Gasteiger partial charge in [-0.2, -0.15) is 0 Å². The van der Waals surface area contributed by atoms with Crippen molar-refractivity contribution in [3.05, 3.63) is 12.2 Å². The molecular weight excluding hydrogens is 188 g/mol. The molecule has 0 saturated heterocycles. The Morgan fingerprint density at radius 2 is 2.33 bits per heavy atom. The number of allylic oxidation sites excluding steroid dienone is 1. The van der Waals surface area contributed by atoms with Crippen LogP contribution in [0.3, 0.4) is 0 Å². The first kappa shape index (κ1) is 10.3. The zero-order chi connectivity index (χ0) is 10.7. The minimum Gasteiger partial charge on any atom is -0.462 e. The third-order valence-corrected chi connectivity index (χ3v) is 3.20. The van der Waals surface area contributed by atoms with Crippen LogP contribution in [-0.4, -0.2) is 12.1 Å². The van der Waals surface area contributed by atoms with Gasteiger partial charge in [0.15, 0.2) is 0 Å². The maximum Gasteiger partial charge on any atom is 0.306 e. The molecule has 0 aromatic carbocycles. The Kier molecular flexibility index (Phi) is 3.11. The second-order valence-corrected chi connectivity index (χ2v) is 4.37. The van der Waals surface area contributed by atoms with E-state index in [1.54, 1.807) is 0 Å². The molecule has 3 atom stereocenters. The fraction of sp³-hybridized carbons (Fsp3) is 0.615. The van der Waals surface area contributed by atoms with E-state index in [2.05, 4.69) is 18.1 Å². The molecule has 2 aliphatic carbocycles. The molecule has 2 rings (SSSR count). The summed E-state index contributed by atoms with van der Waals surface area (Å²) in [5.74, 6) is 3.57. The Hall–Kier alpha value is -1.23. The zero-order valence-electron chi connectivity index (χ0n) is 8.82. The molecule has 2 bridgehead atoms. The standard InChI is InChI=1S/C13H16O2/c1-2-3-4-5-13(14)15-12-9-10-6-7-11(12)8-10/h1,6-7,10-12H,3-5,8-9H2/t10?,11?,12-/m0/s1. The minimum absolute atomic E-state index is 0.0869. The molecule has 1 fully saturated rings. The van der Waals surface area contributed by atoms with Crippen LogP contribution in [-0.2, 0) is 9.53 Å². The van der Waals surface area contributed by atoms with E-state index in [1.165, 1.54) is 6.42 Å². The third kappa shape index (κ3) is 2.41. The van der Waals surface area contributed by atoms with Gasteiger partial charge in [0, 0.05) is 18.8 Å². The predicted octanol–water partition coefficient (Wildman–Crippen LogP) is 2.30. The summed E-state index contributed by atoms with van der Waals surface area (Å²) >= 11 is 0. The van der Waals surface area contributed by atoms with Crippen molar-refractivity contribution >= 4 is 5.97 Å². The average molecular weight is 204 g/mol. The maximum absolute atomic E-state index is 11.4. The van der Waals surface area contributed by atoms with Gasteiger partial charge in [0.2, 0.25) is 0 Å². The van der Waals surface area contributed by atoms with Gasteiger partial charge >= 0.3 is 5.97 Å². The van der Waals surface area contributed by atoms with Crippen molar-refractivity contribution in [3.63, 3.8) is 0 Å². The first-order valence-electron chi connectivity index (χ1n) is 5.61. The van der Waals surface area contributed by atoms with E-state index in [-0.39, 0.29) is 12.1 Å². The van der Waals surface area contributed by atoms with Gasteiger partial charge < -0.3 is 4.74 Å². The van der Waals surface area contributed by atoms with Crippen LogP contribution in [0.1, 0.15) is 32.1 Å². The highest BCUT2D eigenvalue weighted by atomic mass is 16.5. The Labute approximate surface area is 90.7 Å². The number of ether oxygens (including phenoxy) is 1. The SMILES string of the molecule is C#CCCCC(=O)O[C@H]1CC2C=CC1C2. The summed E-state index contributed by atoms with van der Waals surface area (Å²) in [6.07, 6.45) is 13.7. The van der Waals surface area contributed by atoms with Crippen molar-refractivity contribution in [2.24, 2.45) is 11.8 Å². The molecular formula is C13H16O2. The minimum atomic E-state index is -0.0869. The largest absolute Gasteiger partial charge is 0.462 e. The fourth-order valence-corrected chi connectivity index (χ4v) is 2.43. The Morgan fingerprint density at radius 1 is 1.47 bits per heavy atom. The molecule has 2 heteroatoms. The van der Waals surface area contributed by atoms with E-state index in [0.29, 0.717) is 24.7 Å². The molecule has 2 unspecified atom stereocenters. The number of terminal acetylenes is 1. The van der Waals surface area contributed by atoms with E-state index in [4.69, 9.17) is 11.2 Å². The maximum atomic E-state index is 11.4. The smallest absolute Gasteiger partial charge is 0.306 e. The summed E-state index contributed by atoms with van der Waals surface area (Å²) in [6.45, 7) is 0. The van der Waals surface area contributed by atoms with Crippen LogP contribution in [0.15, 0.2) is 12.2 Å². The van der Waals surface area contributed by atoms with Crippen LogP contribution in [0, 0.1) is 24.2 Å². The van der Waals surface area contributed by atoms with Crippen molar-refractivity contribution in [2.75, 3.05) is 0 Å². The number of hydrogen-bond acceptors (Lipinski definition) is 2. The fourth-order valence-electron chi connectivity index (χ4n) is 2.43. The Morgan fingerprint density at radius 3 is 2.93 bits per heavy atom. The summed E-state index contributed by atoms with van der Waals surface area (Å²) < 4.78 is 5.43. The Bertz CT molecular complexity index is 311. The second-order valence-electron chi connectivity index (χ2n) is 4.37. The van der Waals surface area contributed by atoms with Crippen molar-refractivity contribution < 1.29 is 9.53 Å². The van der Waals surface area contributed by atoms with Crippen LogP contribution < -0.4 is 0 Å². The zero-order valence-corrected chi connectivity index (χ0v) is 8.82. The molecule has 80 valence electrons. The van der Waals surface area contributed by atoms with Gasteiger partial charge in [0.05, 0.1) is 0 Å². The lowest BCUT2D eigenvalue weighted by Crippen LogP contribution is -2.22. The number of fused-ring (bicyclic) bond motifs is 2. The number of carbonyl (C=O) groups excluding carboxylic acids is 1. The summed E-state index contributed by atoms with van der Waals surface area (Å²) in [5.41, 5.74) is 0. The number of hydrogen-bond donors (Lipinski definition) is 0. The summed E-state index contributed by atoms with van der Waals surface area (Å²) in [4.78, 5) is 11.4. The summed E-state index contributed by atoms with van der Waals surface area (Å²) in [5, 5.41) is 0. The van der Waals surface area contributed by atoms with E-state index in [0.717, 1.165) is 12.8 Å². The molecule has 0 radical (unpaired) electrons. The molecule has 1 saturated carbocycles. The first-order chi connectivity index (χ1) is 7.29. The molecule has 0 amide bonds. The lowest BCUT2D eigenvalue weighted by molar-refractivity contribution is -0.150. The van der Waals surface area contributed by atoms with Crippen molar-refractivity contribution in [3.8, 4) is 12.3 Å². The lowest BCUT2D eigenvalue weighted by atomic mass is 10.0. The average Bonchev–Trinajstić information content (AvgIpc) is 2.79. The quantitative estimate of drug-likeness (QED) is 0.304. The molecule has 15 heavy (non-hydrogen) atoms. The van der Waals surface area contributed by atoms with Crippen LogP contribution in [0.25, 0.3) is 0 Å². The Balaban J connectivity index is 1.71. The molecule has 2 nitrogen and oxygen atoms in total. The van der Waals surface area contributed by atoms with Crippen molar-refractivity contribution in [1.82, 2.24) is 0 Å². The van der Waals surface area contributed by atoms with E-state index in [1.807, 2.05) is 0 Å². The van der Waals surface area contributed by atoms with Gasteiger partial charge in [-0.15, -0.1) is 12.3 Å². The number of esters is 1. The van der Waals surface area contributed by atoms with Gasteiger partial charge in [0.25, 0.3) is 0 Å². The van der Waals surface area contributed by atoms with E-state index >= 15 is 0 Å². The highest BCUT2D eigenvalue weighted by Gasteiger charge is 2.37. The van der Waals surface area contributed by atoms with Gasteiger partial charge in [-0.1, -0.05) is 12.2 Å². The predicted molar refractivity (Wildman–Crippen MR) is 57.9 cm³/mol. The van der Waals surface area contributed by atoms with Crippen LogP contribution >= 0.6 is 0 Å². The van der Waals surface area contributed by atoms with E-state index < -0.39 is 0 Å². The van der Waals surface area contributed by atoms with Crippen LogP contribution in [0.5, 0.6) is 0 Å². The van der Waals surface area contributed by atoms with Crippen LogP contribution in [0.4, 0.5) is 0 Å². The van der Waals surface area contributed by atoms with Crippen molar-refractivity contribution in [2.45, 2.75) is 38.2 Å². The lowest BCUT2D eigenvalue weighted by Gasteiger charge is -2.18. The molecule has 0 N–H and O–H groups in total. The third-order valence-electron chi connectivity index (χ3n) is 3.20. The molecule has 0 spiro atoms. The second kappa shape index (κ2) is 4.53.